The zero-order valence-electron chi connectivity index (χ0n) is 20.2. The summed E-state index contributed by atoms with van der Waals surface area (Å²) in [6.07, 6.45) is 2.73. The number of anilines is 3. The van der Waals surface area contributed by atoms with Crippen LogP contribution >= 0.6 is 0 Å². The molecule has 0 spiro atoms. The molecule has 0 aliphatic carbocycles. The molecule has 0 aromatic heterocycles. The lowest BCUT2D eigenvalue weighted by Gasteiger charge is -2.25. The molecule has 0 saturated carbocycles. The van der Waals surface area contributed by atoms with E-state index in [1.807, 2.05) is 26.0 Å². The number of hydrogen-bond donors (Lipinski definition) is 4. The topological polar surface area (TPSA) is 114 Å². The number of para-hydroxylation sites is 2. The van der Waals surface area contributed by atoms with E-state index in [2.05, 4.69) is 10.6 Å². The normalized spacial score (nSPS) is 12.6. The summed E-state index contributed by atoms with van der Waals surface area (Å²) < 4.78 is 19.7. The van der Waals surface area contributed by atoms with Crippen LogP contribution in [0.4, 0.5) is 26.2 Å². The molecular formula is C28H30FN3O4. The molecule has 0 fully saturated rings. The van der Waals surface area contributed by atoms with Gasteiger partial charge in [0.25, 0.3) is 0 Å². The molecule has 3 rings (SSSR count). The highest BCUT2D eigenvalue weighted by Gasteiger charge is 2.24. The summed E-state index contributed by atoms with van der Waals surface area (Å²) in [4.78, 5) is 24.8. The van der Waals surface area contributed by atoms with Gasteiger partial charge in [-0.2, -0.15) is 0 Å². The summed E-state index contributed by atoms with van der Waals surface area (Å²) in [6, 6.07) is 18.1. The molecule has 3 aromatic carbocycles. The SMILES string of the molecule is Cc1ccc(NC(=O)O[C@@H](c2ccc(O)c(F)c2)[C@@H](C)CC/C=C/C(=O)Nc2ccccc2N)cc1. The third kappa shape index (κ3) is 7.59. The van der Waals surface area contributed by atoms with Crippen molar-refractivity contribution in [1.29, 1.82) is 0 Å². The number of allylic oxidation sites excluding steroid dienone is 1. The van der Waals surface area contributed by atoms with Gasteiger partial charge in [-0.25, -0.2) is 9.18 Å². The maximum Gasteiger partial charge on any atom is 0.412 e. The smallest absolute Gasteiger partial charge is 0.412 e. The van der Waals surface area contributed by atoms with Gasteiger partial charge in [-0.15, -0.1) is 0 Å². The Kier molecular flexibility index (Phi) is 9.05. The number of halogens is 1. The second-order valence-corrected chi connectivity index (χ2v) is 8.56. The van der Waals surface area contributed by atoms with Crippen molar-refractivity contribution in [2.75, 3.05) is 16.4 Å². The fourth-order valence-electron chi connectivity index (χ4n) is 3.60. The van der Waals surface area contributed by atoms with Crippen molar-refractivity contribution in [3.8, 4) is 5.75 Å². The Morgan fingerprint density at radius 2 is 1.81 bits per heavy atom. The fourth-order valence-corrected chi connectivity index (χ4v) is 3.60. The van der Waals surface area contributed by atoms with Crippen LogP contribution in [-0.2, 0) is 9.53 Å². The zero-order valence-corrected chi connectivity index (χ0v) is 20.2. The minimum atomic E-state index is -0.802. The van der Waals surface area contributed by atoms with Crippen LogP contribution in [0.1, 0.15) is 37.0 Å². The van der Waals surface area contributed by atoms with Crippen molar-refractivity contribution in [3.63, 3.8) is 0 Å². The van der Waals surface area contributed by atoms with Crippen LogP contribution in [0.2, 0.25) is 0 Å². The molecule has 0 bridgehead atoms. The van der Waals surface area contributed by atoms with Gasteiger partial charge in [0.2, 0.25) is 5.91 Å². The second-order valence-electron chi connectivity index (χ2n) is 8.56. The molecule has 188 valence electrons. The van der Waals surface area contributed by atoms with E-state index in [9.17, 15) is 19.1 Å². The molecule has 5 N–H and O–H groups in total. The van der Waals surface area contributed by atoms with Gasteiger partial charge < -0.3 is 20.9 Å². The van der Waals surface area contributed by atoms with E-state index in [-0.39, 0.29) is 11.8 Å². The lowest BCUT2D eigenvalue weighted by molar-refractivity contribution is -0.111. The molecule has 7 nitrogen and oxygen atoms in total. The first-order valence-corrected chi connectivity index (χ1v) is 11.6. The van der Waals surface area contributed by atoms with Gasteiger partial charge >= 0.3 is 6.09 Å². The number of benzene rings is 3. The fraction of sp³-hybridized carbons (Fsp3) is 0.214. The predicted molar refractivity (Wildman–Crippen MR) is 139 cm³/mol. The van der Waals surface area contributed by atoms with Crippen LogP contribution in [0.15, 0.2) is 78.9 Å². The monoisotopic (exact) mass is 491 g/mol. The van der Waals surface area contributed by atoms with Gasteiger partial charge in [0.05, 0.1) is 11.4 Å². The zero-order chi connectivity index (χ0) is 26.1. The largest absolute Gasteiger partial charge is 0.505 e. The van der Waals surface area contributed by atoms with Gasteiger partial charge in [0.15, 0.2) is 11.6 Å². The van der Waals surface area contributed by atoms with E-state index in [4.69, 9.17) is 10.5 Å². The van der Waals surface area contributed by atoms with E-state index in [0.29, 0.717) is 35.5 Å². The van der Waals surface area contributed by atoms with E-state index < -0.39 is 23.8 Å². The number of phenols is 1. The molecule has 3 aromatic rings. The number of amides is 2. The molecule has 0 unspecified atom stereocenters. The number of rotatable bonds is 9. The van der Waals surface area contributed by atoms with Crippen molar-refractivity contribution >= 4 is 29.1 Å². The van der Waals surface area contributed by atoms with Crippen LogP contribution < -0.4 is 16.4 Å². The molecular weight excluding hydrogens is 461 g/mol. The first kappa shape index (κ1) is 26.3. The lowest BCUT2D eigenvalue weighted by Crippen LogP contribution is -2.22. The van der Waals surface area contributed by atoms with Crippen LogP contribution in [0.25, 0.3) is 0 Å². The Hall–Kier alpha value is -4.33. The quantitative estimate of drug-likeness (QED) is 0.207. The summed E-state index contributed by atoms with van der Waals surface area (Å²) >= 11 is 0. The second kappa shape index (κ2) is 12.4. The number of ether oxygens (including phenoxy) is 1. The van der Waals surface area contributed by atoms with Crippen LogP contribution in [0.5, 0.6) is 5.75 Å². The molecule has 0 radical (unpaired) electrons. The van der Waals surface area contributed by atoms with Gasteiger partial charge in [0.1, 0.15) is 6.10 Å². The van der Waals surface area contributed by atoms with Gasteiger partial charge in [-0.1, -0.05) is 48.9 Å². The number of carbonyl (C=O) groups is 2. The van der Waals surface area contributed by atoms with E-state index in [1.54, 1.807) is 42.5 Å². The average molecular weight is 492 g/mol. The van der Waals surface area contributed by atoms with Crippen molar-refractivity contribution in [2.24, 2.45) is 5.92 Å². The molecule has 2 atom stereocenters. The molecule has 0 aliphatic heterocycles. The first-order chi connectivity index (χ1) is 17.2. The summed E-state index contributed by atoms with van der Waals surface area (Å²) in [7, 11) is 0. The van der Waals surface area contributed by atoms with Crippen molar-refractivity contribution < 1.29 is 23.8 Å². The van der Waals surface area contributed by atoms with Crippen molar-refractivity contribution in [1.82, 2.24) is 0 Å². The number of aryl methyl sites for hydroxylation is 1. The number of hydrogen-bond acceptors (Lipinski definition) is 5. The molecule has 8 heteroatoms. The van der Waals surface area contributed by atoms with Gasteiger partial charge in [0, 0.05) is 5.69 Å². The Bertz CT molecular complexity index is 1230. The Morgan fingerprint density at radius 3 is 2.50 bits per heavy atom. The highest BCUT2D eigenvalue weighted by Crippen LogP contribution is 2.32. The number of aromatic hydroxyl groups is 1. The minimum absolute atomic E-state index is 0.227. The van der Waals surface area contributed by atoms with Crippen LogP contribution in [0, 0.1) is 18.7 Å². The number of nitrogen functional groups attached to an aromatic ring is 1. The molecule has 2 amide bonds. The number of phenolic OH excluding ortho intramolecular Hbond substituents is 1. The van der Waals surface area contributed by atoms with E-state index in [1.165, 1.54) is 18.2 Å². The van der Waals surface area contributed by atoms with Crippen molar-refractivity contribution in [3.05, 3.63) is 95.8 Å². The summed E-state index contributed by atoms with van der Waals surface area (Å²) in [5, 5.41) is 15.0. The standard InChI is InChI=1S/C28H30FN3O4/c1-18-11-14-21(15-12-18)31-28(35)36-27(20-13-16-25(33)22(29)17-20)19(2)7-3-6-10-26(34)32-24-9-5-4-8-23(24)30/h4-6,8-17,19,27,33H,3,7,30H2,1-2H3,(H,31,35)(H,32,34)/b10-6+/t19-,27+/m0/s1. The predicted octanol–water partition coefficient (Wildman–Crippen LogP) is 6.32. The Labute approximate surface area is 209 Å². The van der Waals surface area contributed by atoms with E-state index >= 15 is 0 Å². The van der Waals surface area contributed by atoms with Gasteiger partial charge in [-0.3, -0.25) is 10.1 Å². The highest BCUT2D eigenvalue weighted by molar-refractivity contribution is 6.01. The number of nitrogens with one attached hydrogen (secondary N) is 2. The third-order valence-electron chi connectivity index (χ3n) is 5.63. The van der Waals surface area contributed by atoms with Crippen LogP contribution in [0.3, 0.4) is 0 Å². The van der Waals surface area contributed by atoms with Crippen LogP contribution in [-0.4, -0.2) is 17.1 Å². The number of nitrogens with two attached hydrogens (primary N) is 1. The number of carbonyl (C=O) groups excluding carboxylic acids is 2. The summed E-state index contributed by atoms with van der Waals surface area (Å²) in [5.74, 6) is -1.83. The minimum Gasteiger partial charge on any atom is -0.505 e. The molecule has 0 saturated heterocycles. The Morgan fingerprint density at radius 1 is 1.08 bits per heavy atom. The van der Waals surface area contributed by atoms with E-state index in [0.717, 1.165) is 11.6 Å². The average Bonchev–Trinajstić information content (AvgIpc) is 2.85. The highest BCUT2D eigenvalue weighted by atomic mass is 19.1. The molecule has 0 heterocycles. The third-order valence-corrected chi connectivity index (χ3v) is 5.63. The summed E-state index contributed by atoms with van der Waals surface area (Å²) in [6.45, 7) is 3.81. The lowest BCUT2D eigenvalue weighted by atomic mass is 9.93. The van der Waals surface area contributed by atoms with Gasteiger partial charge in [-0.05, 0) is 73.7 Å². The maximum atomic E-state index is 14.1. The molecule has 36 heavy (non-hydrogen) atoms. The molecule has 0 aliphatic rings. The Balaban J connectivity index is 1.63. The summed E-state index contributed by atoms with van der Waals surface area (Å²) in [5.41, 5.74) is 8.88. The first-order valence-electron chi connectivity index (χ1n) is 11.6. The van der Waals surface area contributed by atoms with Crippen molar-refractivity contribution in [2.45, 2.75) is 32.8 Å². The maximum absolute atomic E-state index is 14.1.